The Morgan fingerprint density at radius 2 is 2.04 bits per heavy atom. The molecule has 23 heavy (non-hydrogen) atoms. The van der Waals surface area contributed by atoms with Gasteiger partial charge < -0.3 is 20.3 Å². The number of nitrogens with two attached hydrogens (primary N) is 1. The average molecular weight is 319 g/mol. The Hall–Kier alpha value is -1.77. The predicted octanol–water partition coefficient (Wildman–Crippen LogP) is 1.37. The molecule has 1 spiro atoms. The molecule has 124 valence electrons. The van der Waals surface area contributed by atoms with Crippen molar-refractivity contribution in [3.63, 3.8) is 0 Å². The molecule has 2 aliphatic heterocycles. The fraction of sp³-hybridized carbons (Fsp3) is 0.667. The topological polar surface area (TPSA) is 108 Å². The molecule has 2 aromatic rings. The molecule has 0 amide bonds. The first kappa shape index (κ1) is 14.8. The normalized spacial score (nSPS) is 31.7. The lowest BCUT2D eigenvalue weighted by atomic mass is 9.94. The number of nitrogens with zero attached hydrogens (tertiary/aromatic N) is 4. The number of ether oxygens (including phenoxy) is 2. The second-order valence-electron chi connectivity index (χ2n) is 6.27. The number of anilines is 1. The number of nitrogen functional groups attached to an aromatic ring is 1. The van der Waals surface area contributed by atoms with E-state index in [2.05, 4.69) is 15.0 Å². The lowest BCUT2D eigenvalue weighted by Crippen LogP contribution is -2.47. The number of hydrogen-bond donors (Lipinski definition) is 2. The summed E-state index contributed by atoms with van der Waals surface area (Å²) >= 11 is 0. The van der Waals surface area contributed by atoms with Crippen LogP contribution in [0.3, 0.4) is 0 Å². The largest absolute Gasteiger partial charge is 0.394 e. The molecule has 0 radical (unpaired) electrons. The molecule has 0 bridgehead atoms. The summed E-state index contributed by atoms with van der Waals surface area (Å²) in [7, 11) is 0. The Morgan fingerprint density at radius 3 is 2.87 bits per heavy atom. The fourth-order valence-electron chi connectivity index (χ4n) is 3.61. The number of hydrogen-bond acceptors (Lipinski definition) is 7. The van der Waals surface area contributed by atoms with E-state index in [1.165, 1.54) is 6.33 Å². The van der Waals surface area contributed by atoms with E-state index in [1.54, 1.807) is 6.33 Å². The van der Waals surface area contributed by atoms with Gasteiger partial charge in [-0.15, -0.1) is 0 Å². The average Bonchev–Trinajstić information content (AvgIpc) is 3.00. The van der Waals surface area contributed by atoms with Crippen molar-refractivity contribution in [3.8, 4) is 0 Å². The van der Waals surface area contributed by atoms with Gasteiger partial charge in [-0.05, 0) is 25.7 Å². The Kier molecular flexibility index (Phi) is 3.67. The maximum atomic E-state index is 9.40. The monoisotopic (exact) mass is 319 g/mol. The summed E-state index contributed by atoms with van der Waals surface area (Å²) in [6.45, 7) is 0.0353. The van der Waals surface area contributed by atoms with Crippen LogP contribution in [0.1, 0.15) is 44.8 Å². The van der Waals surface area contributed by atoms with Gasteiger partial charge >= 0.3 is 0 Å². The van der Waals surface area contributed by atoms with E-state index in [4.69, 9.17) is 15.2 Å². The highest BCUT2D eigenvalue weighted by Crippen LogP contribution is 2.42. The van der Waals surface area contributed by atoms with Gasteiger partial charge in [-0.1, -0.05) is 0 Å². The first-order valence-corrected chi connectivity index (χ1v) is 8.10. The van der Waals surface area contributed by atoms with Crippen LogP contribution in [0.25, 0.3) is 11.2 Å². The van der Waals surface area contributed by atoms with Gasteiger partial charge in [-0.2, -0.15) is 0 Å². The SMILES string of the molecule is Nc1ncnc2c1ncn2[C@@H]1CCC[C@]2(CCC[C@@H](CO)O2)O1. The second kappa shape index (κ2) is 5.70. The molecule has 4 heterocycles. The predicted molar refractivity (Wildman–Crippen MR) is 82.2 cm³/mol. The first-order chi connectivity index (χ1) is 11.2. The number of rotatable bonds is 2. The Labute approximate surface area is 133 Å². The summed E-state index contributed by atoms with van der Waals surface area (Å²) < 4.78 is 14.3. The molecule has 0 aliphatic carbocycles. The van der Waals surface area contributed by atoms with Gasteiger partial charge in [-0.25, -0.2) is 15.0 Å². The van der Waals surface area contributed by atoms with Crippen LogP contribution in [0.15, 0.2) is 12.7 Å². The summed E-state index contributed by atoms with van der Waals surface area (Å²) in [6, 6.07) is 0. The van der Waals surface area contributed by atoms with Crippen LogP contribution >= 0.6 is 0 Å². The molecule has 2 fully saturated rings. The fourth-order valence-corrected chi connectivity index (χ4v) is 3.61. The molecular weight excluding hydrogens is 298 g/mol. The van der Waals surface area contributed by atoms with Gasteiger partial charge in [0, 0.05) is 12.8 Å². The van der Waals surface area contributed by atoms with Crippen molar-refractivity contribution in [1.82, 2.24) is 19.5 Å². The summed E-state index contributed by atoms with van der Waals surface area (Å²) in [5, 5.41) is 9.40. The number of aliphatic hydroxyl groups is 1. The lowest BCUT2D eigenvalue weighted by Gasteiger charge is -2.45. The minimum absolute atomic E-state index is 0.0353. The standard InChI is InChI=1S/C15H21N5O3/c16-13-12-14(18-8-17-13)20(9-19-12)11-4-2-6-15(23-11)5-1-3-10(7-21)22-15/h8-11,21H,1-7H2,(H2,16,17,18)/t10-,11-,15-/m0/s1. The third-order valence-electron chi connectivity index (χ3n) is 4.73. The van der Waals surface area contributed by atoms with Crippen molar-refractivity contribution in [1.29, 1.82) is 0 Å². The van der Waals surface area contributed by atoms with Gasteiger partial charge in [-0.3, -0.25) is 4.57 Å². The quantitative estimate of drug-likeness (QED) is 0.860. The highest BCUT2D eigenvalue weighted by atomic mass is 16.7. The third-order valence-corrected chi connectivity index (χ3v) is 4.73. The number of aromatic nitrogens is 4. The van der Waals surface area contributed by atoms with Crippen molar-refractivity contribution in [2.75, 3.05) is 12.3 Å². The van der Waals surface area contributed by atoms with Crippen LogP contribution in [0.4, 0.5) is 5.82 Å². The minimum atomic E-state index is -0.607. The maximum absolute atomic E-state index is 9.40. The van der Waals surface area contributed by atoms with Gasteiger partial charge in [0.1, 0.15) is 18.1 Å². The van der Waals surface area contributed by atoms with E-state index >= 15 is 0 Å². The minimum Gasteiger partial charge on any atom is -0.394 e. The number of imidazole rings is 1. The Bertz CT molecular complexity index is 701. The summed E-state index contributed by atoms with van der Waals surface area (Å²) in [4.78, 5) is 12.6. The number of fused-ring (bicyclic) bond motifs is 1. The van der Waals surface area contributed by atoms with Crippen molar-refractivity contribution in [3.05, 3.63) is 12.7 Å². The van der Waals surface area contributed by atoms with E-state index in [0.29, 0.717) is 17.0 Å². The molecule has 4 rings (SSSR count). The molecule has 3 N–H and O–H groups in total. The summed E-state index contributed by atoms with van der Waals surface area (Å²) in [5.74, 6) is -0.238. The van der Waals surface area contributed by atoms with Crippen molar-refractivity contribution >= 4 is 17.0 Å². The van der Waals surface area contributed by atoms with Crippen LogP contribution in [0.5, 0.6) is 0 Å². The van der Waals surface area contributed by atoms with Crippen LogP contribution in [-0.2, 0) is 9.47 Å². The van der Waals surface area contributed by atoms with E-state index in [-0.39, 0.29) is 18.9 Å². The van der Waals surface area contributed by atoms with Crippen molar-refractivity contribution < 1.29 is 14.6 Å². The summed E-state index contributed by atoms with van der Waals surface area (Å²) in [6.07, 6.45) is 8.24. The van der Waals surface area contributed by atoms with E-state index in [9.17, 15) is 5.11 Å². The van der Waals surface area contributed by atoms with Crippen LogP contribution < -0.4 is 5.73 Å². The van der Waals surface area contributed by atoms with Crippen LogP contribution in [0.2, 0.25) is 0 Å². The van der Waals surface area contributed by atoms with Crippen LogP contribution in [-0.4, -0.2) is 43.1 Å². The van der Waals surface area contributed by atoms with E-state index in [1.807, 2.05) is 4.57 Å². The van der Waals surface area contributed by atoms with Gasteiger partial charge in [0.05, 0.1) is 19.0 Å². The van der Waals surface area contributed by atoms with E-state index in [0.717, 1.165) is 38.5 Å². The summed E-state index contributed by atoms with van der Waals surface area (Å²) in [5.41, 5.74) is 7.12. The molecule has 3 atom stereocenters. The zero-order valence-electron chi connectivity index (χ0n) is 12.9. The molecule has 0 unspecified atom stereocenters. The van der Waals surface area contributed by atoms with Gasteiger partial charge in [0.25, 0.3) is 0 Å². The molecule has 2 aromatic heterocycles. The highest BCUT2D eigenvalue weighted by molar-refractivity contribution is 5.81. The molecule has 0 aromatic carbocycles. The van der Waals surface area contributed by atoms with Gasteiger partial charge in [0.2, 0.25) is 0 Å². The maximum Gasteiger partial charge on any atom is 0.171 e. The Morgan fingerprint density at radius 1 is 1.22 bits per heavy atom. The second-order valence-corrected chi connectivity index (χ2v) is 6.27. The lowest BCUT2D eigenvalue weighted by molar-refractivity contribution is -0.330. The van der Waals surface area contributed by atoms with E-state index < -0.39 is 5.79 Å². The molecular formula is C15H21N5O3. The molecule has 8 nitrogen and oxygen atoms in total. The zero-order valence-corrected chi connectivity index (χ0v) is 12.9. The van der Waals surface area contributed by atoms with Crippen molar-refractivity contribution in [2.45, 2.75) is 56.6 Å². The first-order valence-electron chi connectivity index (χ1n) is 8.10. The Balaban J connectivity index is 1.63. The molecule has 0 saturated carbocycles. The third kappa shape index (κ3) is 2.56. The molecule has 2 saturated heterocycles. The van der Waals surface area contributed by atoms with Crippen molar-refractivity contribution in [2.24, 2.45) is 0 Å². The molecule has 2 aliphatic rings. The zero-order chi connectivity index (χ0) is 15.9. The smallest absolute Gasteiger partial charge is 0.171 e. The molecule has 8 heteroatoms. The van der Waals surface area contributed by atoms with Gasteiger partial charge in [0.15, 0.2) is 17.3 Å². The highest BCUT2D eigenvalue weighted by Gasteiger charge is 2.43. The number of aliphatic hydroxyl groups excluding tert-OH is 1. The van der Waals surface area contributed by atoms with Crippen LogP contribution in [0, 0.1) is 0 Å².